The summed E-state index contributed by atoms with van der Waals surface area (Å²) in [5.74, 6) is -2.31. The van der Waals surface area contributed by atoms with Gasteiger partial charge in [0.1, 0.15) is 12.1 Å². The Hall–Kier alpha value is -3.52. The second-order valence-corrected chi connectivity index (χ2v) is 10.9. The van der Waals surface area contributed by atoms with Crippen LogP contribution < -0.4 is 10.2 Å². The smallest absolute Gasteiger partial charge is 0.253 e. The fourth-order valence-corrected chi connectivity index (χ4v) is 6.61. The quantitative estimate of drug-likeness (QED) is 0.545. The summed E-state index contributed by atoms with van der Waals surface area (Å²) in [5, 5.41) is 3.53. The first-order valence-electron chi connectivity index (χ1n) is 13.6. The van der Waals surface area contributed by atoms with Gasteiger partial charge in [0.15, 0.2) is 0 Å². The number of amides is 4. The van der Waals surface area contributed by atoms with E-state index in [0.29, 0.717) is 30.8 Å². The highest BCUT2D eigenvalue weighted by atomic mass is 16.2. The molecule has 2 aromatic carbocycles. The number of hydrogen-bond donors (Lipinski definition) is 1. The zero-order valence-corrected chi connectivity index (χ0v) is 22.5. The molecule has 4 atom stereocenters. The minimum Gasteiger partial charge on any atom is -0.342 e. The topological polar surface area (TPSA) is 90.0 Å². The van der Waals surface area contributed by atoms with E-state index in [2.05, 4.69) is 19.2 Å². The predicted molar refractivity (Wildman–Crippen MR) is 144 cm³/mol. The Morgan fingerprint density at radius 1 is 0.947 bits per heavy atom. The fraction of sp³-hybridized carbons (Fsp3) is 0.467. The first-order chi connectivity index (χ1) is 18.2. The molecule has 2 fully saturated rings. The van der Waals surface area contributed by atoms with Crippen LogP contribution in [0.2, 0.25) is 0 Å². The number of imide groups is 1. The Balaban J connectivity index is 1.58. The summed E-state index contributed by atoms with van der Waals surface area (Å²) >= 11 is 0. The molecule has 0 aromatic heterocycles. The zero-order valence-electron chi connectivity index (χ0n) is 22.5. The number of rotatable bonds is 8. The van der Waals surface area contributed by atoms with Gasteiger partial charge < -0.3 is 9.80 Å². The molecule has 1 N–H and O–H groups in total. The van der Waals surface area contributed by atoms with Gasteiger partial charge in [0.25, 0.3) is 5.91 Å². The molecule has 2 saturated heterocycles. The van der Waals surface area contributed by atoms with Crippen molar-refractivity contribution >= 4 is 29.3 Å². The molecule has 1 spiro atoms. The normalized spacial score (nSPS) is 26.0. The van der Waals surface area contributed by atoms with Crippen LogP contribution in [0.5, 0.6) is 0 Å². The van der Waals surface area contributed by atoms with Crippen LogP contribution in [-0.4, -0.2) is 59.1 Å². The summed E-state index contributed by atoms with van der Waals surface area (Å²) in [4.78, 5) is 60.0. The fourth-order valence-electron chi connectivity index (χ4n) is 6.61. The molecule has 200 valence electrons. The van der Waals surface area contributed by atoms with E-state index >= 15 is 0 Å². The maximum Gasteiger partial charge on any atom is 0.253 e. The predicted octanol–water partition coefficient (Wildman–Crippen LogP) is 2.92. The molecular formula is C30H36N4O4. The van der Waals surface area contributed by atoms with Crippen molar-refractivity contribution < 1.29 is 19.2 Å². The molecule has 3 heterocycles. The van der Waals surface area contributed by atoms with E-state index in [-0.39, 0.29) is 48.7 Å². The molecule has 0 radical (unpaired) electrons. The van der Waals surface area contributed by atoms with Crippen molar-refractivity contribution in [1.82, 2.24) is 15.1 Å². The second kappa shape index (κ2) is 9.98. The lowest BCUT2D eigenvalue weighted by molar-refractivity contribution is -0.143. The van der Waals surface area contributed by atoms with Gasteiger partial charge in [0.05, 0.1) is 18.4 Å². The molecule has 8 nitrogen and oxygen atoms in total. The minimum absolute atomic E-state index is 0.108. The van der Waals surface area contributed by atoms with Gasteiger partial charge in [-0.25, -0.2) is 0 Å². The van der Waals surface area contributed by atoms with Crippen LogP contribution in [0.3, 0.4) is 0 Å². The monoisotopic (exact) mass is 516 g/mol. The van der Waals surface area contributed by atoms with Gasteiger partial charge in [-0.1, -0.05) is 62.4 Å². The van der Waals surface area contributed by atoms with Gasteiger partial charge in [-0.2, -0.15) is 0 Å². The number of nitrogens with zero attached hydrogens (tertiary/aromatic N) is 3. The summed E-state index contributed by atoms with van der Waals surface area (Å²) in [6.07, 6.45) is 0.648. The van der Waals surface area contributed by atoms with Crippen LogP contribution in [0.15, 0.2) is 54.6 Å². The number of benzene rings is 2. The van der Waals surface area contributed by atoms with Gasteiger partial charge in [0.2, 0.25) is 17.7 Å². The summed E-state index contributed by atoms with van der Waals surface area (Å²) in [5.41, 5.74) is 0.765. The van der Waals surface area contributed by atoms with Gasteiger partial charge in [-0.3, -0.25) is 29.4 Å². The number of anilines is 1. The van der Waals surface area contributed by atoms with Crippen molar-refractivity contribution in [2.75, 3.05) is 24.5 Å². The first kappa shape index (κ1) is 26.1. The van der Waals surface area contributed by atoms with Gasteiger partial charge in [0, 0.05) is 30.4 Å². The standard InChI is InChI=1S/C30H36N4O4/c1-5-32(6-2)24(35)18-33-23-15-11-10-14-21(23)30(29(33)38)26-25(22(31-30)16-19(3)4)27(36)34(28(26)37)17-20-12-8-7-9-13-20/h7-15,19,22,25-26,31H,5-6,16-18H2,1-4H3/t22-,25-,26+,30+/m1/s1. The summed E-state index contributed by atoms with van der Waals surface area (Å²) in [6, 6.07) is 16.5. The molecule has 3 aliphatic rings. The van der Waals surface area contributed by atoms with Crippen molar-refractivity contribution in [3.8, 4) is 0 Å². The number of fused-ring (bicyclic) bond motifs is 4. The second-order valence-electron chi connectivity index (χ2n) is 10.9. The molecular weight excluding hydrogens is 480 g/mol. The van der Waals surface area contributed by atoms with Gasteiger partial charge in [-0.05, 0) is 37.8 Å². The van der Waals surface area contributed by atoms with E-state index in [1.54, 1.807) is 4.90 Å². The number of nitrogens with one attached hydrogen (secondary N) is 1. The summed E-state index contributed by atoms with van der Waals surface area (Å²) in [6.45, 7) is 9.13. The number of carbonyl (C=O) groups excluding carboxylic acids is 4. The number of carbonyl (C=O) groups is 4. The van der Waals surface area contributed by atoms with Crippen molar-refractivity contribution in [3.05, 3.63) is 65.7 Å². The number of hydrogen-bond acceptors (Lipinski definition) is 5. The Bertz CT molecular complexity index is 1260. The molecule has 8 heteroatoms. The lowest BCUT2D eigenvalue weighted by Gasteiger charge is -2.31. The van der Waals surface area contributed by atoms with Gasteiger partial charge >= 0.3 is 0 Å². The molecule has 5 rings (SSSR count). The van der Waals surface area contributed by atoms with E-state index in [1.807, 2.05) is 68.4 Å². The molecule has 0 aliphatic carbocycles. The van der Waals surface area contributed by atoms with E-state index in [4.69, 9.17) is 0 Å². The van der Waals surface area contributed by atoms with E-state index in [9.17, 15) is 19.2 Å². The highest BCUT2D eigenvalue weighted by Gasteiger charge is 2.71. The lowest BCUT2D eigenvalue weighted by atomic mass is 9.76. The van der Waals surface area contributed by atoms with Crippen LogP contribution >= 0.6 is 0 Å². The molecule has 4 amide bonds. The highest BCUT2D eigenvalue weighted by Crippen LogP contribution is 2.55. The van der Waals surface area contributed by atoms with Crippen LogP contribution in [0.1, 0.15) is 45.2 Å². The first-order valence-corrected chi connectivity index (χ1v) is 13.6. The third-order valence-corrected chi connectivity index (χ3v) is 8.28. The largest absolute Gasteiger partial charge is 0.342 e. The highest BCUT2D eigenvalue weighted by molar-refractivity contribution is 6.17. The van der Waals surface area contributed by atoms with Crippen molar-refractivity contribution in [1.29, 1.82) is 0 Å². The summed E-state index contributed by atoms with van der Waals surface area (Å²) < 4.78 is 0. The molecule has 3 aliphatic heterocycles. The molecule has 0 unspecified atom stereocenters. The average Bonchev–Trinajstić information content (AvgIpc) is 3.45. The SMILES string of the molecule is CCN(CC)C(=O)CN1C(=O)[C@]2(N[C@H](CC(C)C)[C@H]3C(=O)N(Cc4ccccc4)C(=O)[C@H]32)c2ccccc21. The third-order valence-electron chi connectivity index (χ3n) is 8.28. The number of likely N-dealkylation sites (N-methyl/N-ethyl adjacent to an activating group) is 1. The van der Waals surface area contributed by atoms with E-state index < -0.39 is 17.4 Å². The number of para-hydroxylation sites is 1. The number of likely N-dealkylation sites (tertiary alicyclic amines) is 1. The molecule has 0 saturated carbocycles. The minimum atomic E-state index is -1.39. The van der Waals surface area contributed by atoms with Crippen LogP contribution in [0.25, 0.3) is 0 Å². The summed E-state index contributed by atoms with van der Waals surface area (Å²) in [7, 11) is 0. The third kappa shape index (κ3) is 3.93. The molecule has 0 bridgehead atoms. The van der Waals surface area contributed by atoms with Crippen LogP contribution in [0.4, 0.5) is 5.69 Å². The average molecular weight is 517 g/mol. The van der Waals surface area contributed by atoms with E-state index in [0.717, 1.165) is 5.56 Å². The Morgan fingerprint density at radius 3 is 2.26 bits per heavy atom. The Morgan fingerprint density at radius 2 is 1.61 bits per heavy atom. The van der Waals surface area contributed by atoms with Crippen molar-refractivity contribution in [2.45, 2.75) is 52.2 Å². The molecule has 2 aromatic rings. The van der Waals surface area contributed by atoms with Crippen molar-refractivity contribution in [2.24, 2.45) is 17.8 Å². The Kier molecular flexibility index (Phi) is 6.86. The van der Waals surface area contributed by atoms with E-state index in [1.165, 1.54) is 9.80 Å². The maximum absolute atomic E-state index is 14.4. The zero-order chi connectivity index (χ0) is 27.2. The Labute approximate surface area is 224 Å². The maximum atomic E-state index is 14.4. The van der Waals surface area contributed by atoms with Crippen LogP contribution in [-0.2, 0) is 31.3 Å². The van der Waals surface area contributed by atoms with Crippen molar-refractivity contribution in [3.63, 3.8) is 0 Å². The van der Waals surface area contributed by atoms with Gasteiger partial charge in [-0.15, -0.1) is 0 Å². The van der Waals surface area contributed by atoms with Crippen LogP contribution in [0, 0.1) is 17.8 Å². The molecule has 38 heavy (non-hydrogen) atoms. The lowest BCUT2D eigenvalue weighted by Crippen LogP contribution is -2.56.